The third-order valence-electron chi connectivity index (χ3n) is 2.32. The van der Waals surface area contributed by atoms with Gasteiger partial charge in [0.05, 0.1) is 6.04 Å². The molecule has 2 rings (SSSR count). The van der Waals surface area contributed by atoms with Crippen LogP contribution in [0, 0.1) is 6.92 Å². The molecule has 0 amide bonds. The lowest BCUT2D eigenvalue weighted by Crippen LogP contribution is -2.10. The van der Waals surface area contributed by atoms with Crippen molar-refractivity contribution in [3.05, 3.63) is 29.7 Å². The van der Waals surface area contributed by atoms with Crippen LogP contribution in [0.2, 0.25) is 0 Å². The van der Waals surface area contributed by atoms with E-state index in [0.717, 1.165) is 12.1 Å². The van der Waals surface area contributed by atoms with Gasteiger partial charge in [0, 0.05) is 5.69 Å². The minimum atomic E-state index is -0.178. The molecule has 0 bridgehead atoms. The predicted molar refractivity (Wildman–Crippen MR) is 59.5 cm³/mol. The van der Waals surface area contributed by atoms with Gasteiger partial charge in [-0.15, -0.1) is 0 Å². The fourth-order valence-electron chi connectivity index (χ4n) is 1.33. The third kappa shape index (κ3) is 2.09. The van der Waals surface area contributed by atoms with Crippen molar-refractivity contribution < 1.29 is 4.52 Å². The van der Waals surface area contributed by atoms with Crippen molar-refractivity contribution in [1.82, 2.24) is 15.1 Å². The van der Waals surface area contributed by atoms with Crippen molar-refractivity contribution in [2.45, 2.75) is 26.3 Å². The van der Waals surface area contributed by atoms with Gasteiger partial charge in [0.15, 0.2) is 5.82 Å². The average molecular weight is 218 g/mol. The molecule has 0 aromatic carbocycles. The van der Waals surface area contributed by atoms with Crippen LogP contribution in [0.3, 0.4) is 0 Å². The maximum absolute atomic E-state index is 5.81. The molecule has 0 saturated carbocycles. The minimum absolute atomic E-state index is 0.178. The zero-order valence-corrected chi connectivity index (χ0v) is 9.34. The van der Waals surface area contributed by atoms with Gasteiger partial charge in [-0.05, 0) is 25.5 Å². The summed E-state index contributed by atoms with van der Waals surface area (Å²) in [6.45, 7) is 3.89. The molecule has 2 heterocycles. The highest BCUT2D eigenvalue weighted by Gasteiger charge is 2.14. The normalized spacial score (nSPS) is 12.7. The number of aromatic nitrogens is 3. The molecule has 2 aromatic rings. The van der Waals surface area contributed by atoms with E-state index in [0.29, 0.717) is 17.4 Å². The number of rotatable bonds is 3. The minimum Gasteiger partial charge on any atom is -0.332 e. The summed E-state index contributed by atoms with van der Waals surface area (Å²) < 4.78 is 5.13. The zero-order valence-electron chi connectivity index (χ0n) is 9.34. The summed E-state index contributed by atoms with van der Waals surface area (Å²) >= 11 is 0. The van der Waals surface area contributed by atoms with E-state index >= 15 is 0 Å². The van der Waals surface area contributed by atoms with Crippen molar-refractivity contribution in [1.29, 1.82) is 0 Å². The molecule has 0 fully saturated rings. The van der Waals surface area contributed by atoms with E-state index in [9.17, 15) is 0 Å². The summed E-state index contributed by atoms with van der Waals surface area (Å²) in [6.07, 6.45) is 0.778. The number of aryl methyl sites for hydroxylation is 1. The van der Waals surface area contributed by atoms with Crippen molar-refractivity contribution in [3.63, 3.8) is 0 Å². The van der Waals surface area contributed by atoms with Crippen LogP contribution in [0.1, 0.15) is 30.9 Å². The van der Waals surface area contributed by atoms with Gasteiger partial charge in [0.1, 0.15) is 5.69 Å². The molecule has 16 heavy (non-hydrogen) atoms. The first kappa shape index (κ1) is 10.8. The largest absolute Gasteiger partial charge is 0.332 e. The first-order valence-electron chi connectivity index (χ1n) is 5.24. The quantitative estimate of drug-likeness (QED) is 0.850. The molecule has 2 N–H and O–H groups in total. The van der Waals surface area contributed by atoms with Gasteiger partial charge in [-0.3, -0.25) is 0 Å². The standard InChI is InChI=1S/C11H14N4O/c1-3-8(12)10-14-11(16-15-10)9-6-4-5-7(2)13-9/h4-6,8H,3,12H2,1-2H3. The molecule has 0 radical (unpaired) electrons. The Balaban J connectivity index is 2.31. The van der Waals surface area contributed by atoms with Crippen LogP contribution in [0.4, 0.5) is 0 Å². The molecule has 1 unspecified atom stereocenters. The summed E-state index contributed by atoms with van der Waals surface area (Å²) in [6, 6.07) is 5.48. The molecule has 1 atom stereocenters. The van der Waals surface area contributed by atoms with Crippen LogP contribution in [0.25, 0.3) is 11.6 Å². The number of nitrogens with two attached hydrogens (primary N) is 1. The fraction of sp³-hybridized carbons (Fsp3) is 0.364. The van der Waals surface area contributed by atoms with Gasteiger partial charge in [-0.25, -0.2) is 4.98 Å². The van der Waals surface area contributed by atoms with Gasteiger partial charge in [0.2, 0.25) is 0 Å². The second kappa shape index (κ2) is 4.40. The fourth-order valence-corrected chi connectivity index (χ4v) is 1.33. The Morgan fingerprint density at radius 1 is 1.38 bits per heavy atom. The van der Waals surface area contributed by atoms with Crippen LogP contribution in [-0.4, -0.2) is 15.1 Å². The Morgan fingerprint density at radius 3 is 2.88 bits per heavy atom. The lowest BCUT2D eigenvalue weighted by molar-refractivity contribution is 0.414. The molecule has 2 aromatic heterocycles. The maximum Gasteiger partial charge on any atom is 0.276 e. The van der Waals surface area contributed by atoms with Gasteiger partial charge in [-0.2, -0.15) is 4.98 Å². The maximum atomic E-state index is 5.81. The predicted octanol–water partition coefficient (Wildman–Crippen LogP) is 1.85. The molecule has 0 saturated heterocycles. The molecule has 0 spiro atoms. The third-order valence-corrected chi connectivity index (χ3v) is 2.32. The summed E-state index contributed by atoms with van der Waals surface area (Å²) in [5.41, 5.74) is 7.41. The second-order valence-corrected chi connectivity index (χ2v) is 3.64. The Hall–Kier alpha value is -1.75. The first-order chi connectivity index (χ1) is 7.70. The summed E-state index contributed by atoms with van der Waals surface area (Å²) in [4.78, 5) is 8.53. The Bertz CT molecular complexity index is 480. The van der Waals surface area contributed by atoms with Crippen LogP contribution < -0.4 is 5.73 Å². The SMILES string of the molecule is CCC(N)c1noc(-c2cccc(C)n2)n1. The van der Waals surface area contributed by atoms with E-state index in [2.05, 4.69) is 15.1 Å². The Labute approximate surface area is 93.7 Å². The second-order valence-electron chi connectivity index (χ2n) is 3.64. The summed E-state index contributed by atoms with van der Waals surface area (Å²) in [5, 5.41) is 3.84. The molecular formula is C11H14N4O. The number of pyridine rings is 1. The lowest BCUT2D eigenvalue weighted by Gasteiger charge is -1.99. The monoisotopic (exact) mass is 218 g/mol. The van der Waals surface area contributed by atoms with Crippen LogP contribution in [-0.2, 0) is 0 Å². The molecule has 5 heteroatoms. The molecule has 84 valence electrons. The van der Waals surface area contributed by atoms with Crippen molar-refractivity contribution in [2.75, 3.05) is 0 Å². The van der Waals surface area contributed by atoms with E-state index in [-0.39, 0.29) is 6.04 Å². The molecule has 0 aliphatic carbocycles. The molecule has 5 nitrogen and oxygen atoms in total. The van der Waals surface area contributed by atoms with Crippen molar-refractivity contribution >= 4 is 0 Å². The van der Waals surface area contributed by atoms with E-state index < -0.39 is 0 Å². The average Bonchev–Trinajstić information content (AvgIpc) is 2.77. The van der Waals surface area contributed by atoms with Crippen LogP contribution >= 0.6 is 0 Å². The summed E-state index contributed by atoms with van der Waals surface area (Å²) in [7, 11) is 0. The van der Waals surface area contributed by atoms with Gasteiger partial charge < -0.3 is 10.3 Å². The Kier molecular flexibility index (Phi) is 2.96. The van der Waals surface area contributed by atoms with Gasteiger partial charge in [-0.1, -0.05) is 18.1 Å². The Morgan fingerprint density at radius 2 is 2.19 bits per heavy atom. The first-order valence-corrected chi connectivity index (χ1v) is 5.24. The van der Waals surface area contributed by atoms with Gasteiger partial charge in [0.25, 0.3) is 5.89 Å². The smallest absolute Gasteiger partial charge is 0.276 e. The van der Waals surface area contributed by atoms with E-state index in [1.807, 2.05) is 32.0 Å². The topological polar surface area (TPSA) is 77.8 Å². The highest BCUT2D eigenvalue weighted by Crippen LogP contribution is 2.17. The van der Waals surface area contributed by atoms with E-state index in [1.165, 1.54) is 0 Å². The molecule has 0 aliphatic heterocycles. The summed E-state index contributed by atoms with van der Waals surface area (Å²) in [5.74, 6) is 0.948. The van der Waals surface area contributed by atoms with E-state index in [4.69, 9.17) is 10.3 Å². The number of hydrogen-bond acceptors (Lipinski definition) is 5. The van der Waals surface area contributed by atoms with Crippen molar-refractivity contribution in [2.24, 2.45) is 5.73 Å². The van der Waals surface area contributed by atoms with Crippen LogP contribution in [0.5, 0.6) is 0 Å². The highest BCUT2D eigenvalue weighted by atomic mass is 16.5. The van der Waals surface area contributed by atoms with Crippen molar-refractivity contribution in [3.8, 4) is 11.6 Å². The van der Waals surface area contributed by atoms with Crippen LogP contribution in [0.15, 0.2) is 22.7 Å². The van der Waals surface area contributed by atoms with E-state index in [1.54, 1.807) is 0 Å². The lowest BCUT2D eigenvalue weighted by atomic mass is 10.2. The molecule has 0 aliphatic rings. The highest BCUT2D eigenvalue weighted by molar-refractivity contribution is 5.46. The zero-order chi connectivity index (χ0) is 11.5. The van der Waals surface area contributed by atoms with Gasteiger partial charge >= 0.3 is 0 Å². The molecular weight excluding hydrogens is 204 g/mol. The number of hydrogen-bond donors (Lipinski definition) is 1. The number of nitrogens with zero attached hydrogens (tertiary/aromatic N) is 3.